The van der Waals surface area contributed by atoms with Gasteiger partial charge in [-0.3, -0.25) is 9.97 Å². The van der Waals surface area contributed by atoms with Gasteiger partial charge in [0, 0.05) is 74.7 Å². The molecule has 400 valence electrons. The quantitative estimate of drug-likeness (QED) is 0.0850. The molecule has 2 amide bonds. The van der Waals surface area contributed by atoms with Crippen LogP contribution in [0.3, 0.4) is 0 Å². The van der Waals surface area contributed by atoms with E-state index in [2.05, 4.69) is 133 Å². The van der Waals surface area contributed by atoms with Crippen LogP contribution in [0.5, 0.6) is 0 Å². The van der Waals surface area contributed by atoms with Crippen LogP contribution in [-0.4, -0.2) is 96.5 Å². The van der Waals surface area contributed by atoms with Crippen LogP contribution in [0.2, 0.25) is 0 Å². The van der Waals surface area contributed by atoms with Crippen molar-refractivity contribution in [3.63, 3.8) is 0 Å². The SMILES string of the molecule is COC(=O)c1ccncc1CC[C@@H]1c2ccc(N(C)c3ccc(C)cc3)cc2CCN1C(=O)OC(C)(C)C.COC(=O)c1ccncc1CC[C@H]1c2ccc(N(C)c3ccc(C)cc3)cc2CCN1C(=O)OC(C)(C)C. The van der Waals surface area contributed by atoms with Gasteiger partial charge in [-0.1, -0.05) is 47.5 Å². The van der Waals surface area contributed by atoms with Crippen molar-refractivity contribution in [3.8, 4) is 0 Å². The van der Waals surface area contributed by atoms with Gasteiger partial charge < -0.3 is 38.5 Å². The van der Waals surface area contributed by atoms with E-state index in [0.717, 1.165) is 57.8 Å². The molecule has 0 bridgehead atoms. The highest BCUT2D eigenvalue weighted by Crippen LogP contribution is 2.40. The van der Waals surface area contributed by atoms with Crippen molar-refractivity contribution in [2.24, 2.45) is 0 Å². The van der Waals surface area contributed by atoms with Crippen LogP contribution in [0.4, 0.5) is 32.3 Å². The third-order valence-corrected chi connectivity index (χ3v) is 13.8. The van der Waals surface area contributed by atoms with Gasteiger partial charge in [0.2, 0.25) is 0 Å². The second-order valence-corrected chi connectivity index (χ2v) is 21.6. The molecule has 4 aromatic carbocycles. The first-order valence-electron chi connectivity index (χ1n) is 26.0. The van der Waals surface area contributed by atoms with Crippen LogP contribution in [0.15, 0.2) is 122 Å². The molecule has 2 aliphatic heterocycles. The minimum absolute atomic E-state index is 0.196. The predicted octanol–water partition coefficient (Wildman–Crippen LogP) is 12.8. The number of nitrogens with zero attached hydrogens (tertiary/aromatic N) is 6. The van der Waals surface area contributed by atoms with Crippen LogP contribution >= 0.6 is 0 Å². The maximum absolute atomic E-state index is 13.3. The zero-order chi connectivity index (χ0) is 54.9. The molecule has 4 heterocycles. The number of methoxy groups -OCH3 is 2. The third kappa shape index (κ3) is 13.9. The Bertz CT molecular complexity index is 2800. The van der Waals surface area contributed by atoms with Crippen LogP contribution < -0.4 is 9.80 Å². The van der Waals surface area contributed by atoms with Gasteiger partial charge in [0.1, 0.15) is 11.2 Å². The molecule has 0 aliphatic carbocycles. The van der Waals surface area contributed by atoms with Crippen molar-refractivity contribution in [3.05, 3.63) is 177 Å². The fourth-order valence-corrected chi connectivity index (χ4v) is 9.81. The van der Waals surface area contributed by atoms with Gasteiger partial charge in [0.05, 0.1) is 37.4 Å². The number of hydrogen-bond donors (Lipinski definition) is 0. The van der Waals surface area contributed by atoms with Crippen molar-refractivity contribution in [2.75, 3.05) is 51.2 Å². The lowest BCUT2D eigenvalue weighted by Crippen LogP contribution is -2.43. The number of aromatic nitrogens is 2. The van der Waals surface area contributed by atoms with Crippen LogP contribution in [0.25, 0.3) is 0 Å². The lowest BCUT2D eigenvalue weighted by Gasteiger charge is -2.39. The lowest BCUT2D eigenvalue weighted by atomic mass is 9.88. The molecule has 0 radical (unpaired) electrons. The van der Waals surface area contributed by atoms with Crippen molar-refractivity contribution in [1.29, 1.82) is 0 Å². The van der Waals surface area contributed by atoms with Gasteiger partial charge in [-0.2, -0.15) is 0 Å². The van der Waals surface area contributed by atoms with Crippen molar-refractivity contribution < 1.29 is 38.1 Å². The number of rotatable bonds is 12. The first-order chi connectivity index (χ1) is 36.1. The zero-order valence-corrected chi connectivity index (χ0v) is 46.3. The number of esters is 2. The van der Waals surface area contributed by atoms with Crippen LogP contribution in [0.1, 0.15) is 132 Å². The van der Waals surface area contributed by atoms with Crippen LogP contribution in [0, 0.1) is 13.8 Å². The number of carbonyl (C=O) groups is 4. The molecule has 0 saturated heterocycles. The predicted molar refractivity (Wildman–Crippen MR) is 298 cm³/mol. The van der Waals surface area contributed by atoms with E-state index in [9.17, 15) is 19.2 Å². The number of anilines is 4. The summed E-state index contributed by atoms with van der Waals surface area (Å²) in [7, 11) is 6.88. The van der Waals surface area contributed by atoms with Crippen molar-refractivity contribution in [1.82, 2.24) is 19.8 Å². The molecule has 14 heteroatoms. The molecule has 0 spiro atoms. The van der Waals surface area contributed by atoms with Crippen molar-refractivity contribution >= 4 is 46.9 Å². The Morgan fingerprint density at radius 3 is 1.24 bits per heavy atom. The molecule has 0 unspecified atom stereocenters. The number of hydrogen-bond acceptors (Lipinski definition) is 12. The summed E-state index contributed by atoms with van der Waals surface area (Å²) >= 11 is 0. The molecule has 8 rings (SSSR count). The molecular formula is C62H74N6O8. The highest BCUT2D eigenvalue weighted by molar-refractivity contribution is 5.91. The van der Waals surface area contributed by atoms with Gasteiger partial charge >= 0.3 is 24.1 Å². The molecule has 2 aliphatic rings. The molecule has 2 atom stereocenters. The average molecular weight is 1030 g/mol. The third-order valence-electron chi connectivity index (χ3n) is 13.8. The van der Waals surface area contributed by atoms with Gasteiger partial charge in [-0.15, -0.1) is 0 Å². The number of aryl methyl sites for hydroxylation is 4. The number of amides is 2. The topological polar surface area (TPSA) is 144 Å². The van der Waals surface area contributed by atoms with E-state index < -0.39 is 11.2 Å². The number of fused-ring (bicyclic) bond motifs is 2. The summed E-state index contributed by atoms with van der Waals surface area (Å²) in [5, 5.41) is 0. The van der Waals surface area contributed by atoms with E-state index in [1.807, 2.05) is 51.3 Å². The van der Waals surface area contributed by atoms with E-state index >= 15 is 0 Å². The maximum Gasteiger partial charge on any atom is 0.410 e. The first-order valence-corrected chi connectivity index (χ1v) is 26.0. The Morgan fingerprint density at radius 1 is 0.539 bits per heavy atom. The lowest BCUT2D eigenvalue weighted by molar-refractivity contribution is 0.0122. The summed E-state index contributed by atoms with van der Waals surface area (Å²) in [4.78, 5) is 67.6. The fraction of sp³-hybridized carbons (Fsp3) is 0.387. The average Bonchev–Trinajstić information content (AvgIpc) is 3.42. The normalized spacial score (nSPS) is 15.0. The van der Waals surface area contributed by atoms with Gasteiger partial charge in [-0.25, -0.2) is 19.2 Å². The molecular weight excluding hydrogens is 957 g/mol. The molecule has 14 nitrogen and oxygen atoms in total. The number of carbonyl (C=O) groups excluding carboxylic acids is 4. The van der Waals surface area contributed by atoms with Crippen molar-refractivity contribution in [2.45, 2.75) is 117 Å². The molecule has 0 saturated carbocycles. The smallest absolute Gasteiger partial charge is 0.410 e. The Labute approximate surface area is 449 Å². The molecule has 6 aromatic rings. The summed E-state index contributed by atoms with van der Waals surface area (Å²) in [6, 6.07) is 32.8. The maximum atomic E-state index is 13.3. The number of ether oxygens (including phenoxy) is 4. The molecule has 0 fully saturated rings. The van der Waals surface area contributed by atoms with E-state index in [0.29, 0.717) is 49.9 Å². The Balaban J connectivity index is 0.000000221. The van der Waals surface area contributed by atoms with Gasteiger partial charge in [-0.05, 0) is 188 Å². The second-order valence-electron chi connectivity index (χ2n) is 21.6. The largest absolute Gasteiger partial charge is 0.465 e. The Kier molecular flexibility index (Phi) is 17.9. The highest BCUT2D eigenvalue weighted by atomic mass is 16.6. The highest BCUT2D eigenvalue weighted by Gasteiger charge is 2.36. The van der Waals surface area contributed by atoms with E-state index in [4.69, 9.17) is 18.9 Å². The second kappa shape index (κ2) is 24.3. The Morgan fingerprint density at radius 2 is 0.895 bits per heavy atom. The van der Waals surface area contributed by atoms with Gasteiger partial charge in [0.15, 0.2) is 0 Å². The fourth-order valence-electron chi connectivity index (χ4n) is 9.81. The van der Waals surface area contributed by atoms with Crippen LogP contribution in [-0.2, 0) is 44.6 Å². The summed E-state index contributed by atoms with van der Waals surface area (Å²) in [6.07, 6.45) is 9.77. The monoisotopic (exact) mass is 1030 g/mol. The molecule has 76 heavy (non-hydrogen) atoms. The summed E-state index contributed by atoms with van der Waals surface area (Å²) in [6.45, 7) is 16.5. The Hall–Kier alpha value is -7.74. The summed E-state index contributed by atoms with van der Waals surface area (Å²) in [5.74, 6) is -0.779. The minimum atomic E-state index is -0.593. The standard InChI is InChI=1S/2C31H37N3O4/c2*1-21-7-10-24(11-8-21)33(5)25-12-13-26-22(19-25)16-18-34(30(36)38-31(2,3)4)28(26)14-9-23-20-32-17-15-27(23)29(35)37-6/h2*7-8,10-13,15,17,19-20,28H,9,14,16,18H2,1-6H3/t2*28-/m10/s1. The number of pyridine rings is 2. The summed E-state index contributed by atoms with van der Waals surface area (Å²) in [5.41, 5.74) is 12.9. The van der Waals surface area contributed by atoms with E-state index in [1.54, 1.807) is 36.9 Å². The summed E-state index contributed by atoms with van der Waals surface area (Å²) < 4.78 is 21.5. The van der Waals surface area contributed by atoms with E-state index in [1.165, 1.54) is 36.5 Å². The zero-order valence-electron chi connectivity index (χ0n) is 46.3. The number of benzene rings is 4. The van der Waals surface area contributed by atoms with E-state index in [-0.39, 0.29) is 36.2 Å². The molecule has 2 aromatic heterocycles. The minimum Gasteiger partial charge on any atom is -0.465 e. The molecule has 0 N–H and O–H groups in total. The first kappa shape index (κ1) is 56.0. The van der Waals surface area contributed by atoms with Gasteiger partial charge in [0.25, 0.3) is 0 Å².